The maximum atomic E-state index is 8.99. The van der Waals surface area contributed by atoms with E-state index in [2.05, 4.69) is 34.1 Å². The number of fused-ring (bicyclic) bond motifs is 5. The fraction of sp³-hybridized carbons (Fsp3) is 0.600. The smallest absolute Gasteiger partial charge is 0.0826 e. The van der Waals surface area contributed by atoms with Gasteiger partial charge < -0.3 is 4.90 Å². The summed E-state index contributed by atoms with van der Waals surface area (Å²) >= 11 is 0. The molecule has 3 aliphatic rings. The van der Waals surface area contributed by atoms with Gasteiger partial charge in [0.1, 0.15) is 0 Å². The van der Waals surface area contributed by atoms with Crippen molar-refractivity contribution in [3.8, 4) is 0 Å². The molecule has 2 atom stereocenters. The number of aryl methyl sites for hydroxylation is 1. The Hall–Kier alpha value is -1.02. The van der Waals surface area contributed by atoms with E-state index in [0.717, 1.165) is 25.9 Å². The molecular weight excluding hydrogens is 208 g/mol. The Balaban J connectivity index is 1.78. The van der Waals surface area contributed by atoms with Crippen molar-refractivity contribution >= 4 is 5.69 Å². The molecule has 2 fully saturated rings. The van der Waals surface area contributed by atoms with Crippen LogP contribution in [0.5, 0.6) is 0 Å². The summed E-state index contributed by atoms with van der Waals surface area (Å²) in [6.45, 7) is 2.18. The van der Waals surface area contributed by atoms with Crippen LogP contribution in [0, 0.1) is 0 Å². The van der Waals surface area contributed by atoms with E-state index in [4.69, 9.17) is 1.37 Å². The van der Waals surface area contributed by atoms with Gasteiger partial charge >= 0.3 is 0 Å². The van der Waals surface area contributed by atoms with Gasteiger partial charge in [0.15, 0.2) is 0 Å². The molecule has 0 spiro atoms. The quantitative estimate of drug-likeness (QED) is 0.675. The summed E-state index contributed by atoms with van der Waals surface area (Å²) < 4.78 is 8.99. The first-order chi connectivity index (χ1) is 8.79. The van der Waals surface area contributed by atoms with Gasteiger partial charge in [0.25, 0.3) is 0 Å². The second-order valence-electron chi connectivity index (χ2n) is 5.47. The Morgan fingerprint density at radius 1 is 1.12 bits per heavy atom. The van der Waals surface area contributed by atoms with E-state index in [0.29, 0.717) is 6.04 Å². The standard InChI is InChI=1S/C15H20N2/c1-2-6-14-12(4-1)7-8-15-16-10-3-5-13(16)9-11-17(14)15/h1-2,4,6,13,15H,3,5,7-11H2/t13-,15-/m1/s1/i15D. The maximum Gasteiger partial charge on any atom is 0.0826 e. The van der Waals surface area contributed by atoms with Crippen molar-refractivity contribution in [3.63, 3.8) is 0 Å². The molecule has 1 aromatic carbocycles. The Kier molecular flexibility index (Phi) is 1.98. The van der Waals surface area contributed by atoms with Gasteiger partial charge in [0.2, 0.25) is 0 Å². The molecule has 2 nitrogen and oxygen atoms in total. The van der Waals surface area contributed by atoms with E-state index in [-0.39, 0.29) is 0 Å². The molecule has 0 amide bonds. The van der Waals surface area contributed by atoms with Crippen LogP contribution in [-0.4, -0.2) is 30.2 Å². The van der Waals surface area contributed by atoms with Crippen LogP contribution < -0.4 is 4.90 Å². The van der Waals surface area contributed by atoms with Crippen LogP contribution >= 0.6 is 0 Å². The SMILES string of the molecule is [2H][C@]12CCc3ccccc3N1CC[C@H]1CCCN12. The molecule has 3 aliphatic heterocycles. The van der Waals surface area contributed by atoms with Crippen molar-refractivity contribution in [1.82, 2.24) is 4.90 Å². The van der Waals surface area contributed by atoms with Crippen molar-refractivity contribution in [2.75, 3.05) is 18.0 Å². The molecule has 4 rings (SSSR count). The van der Waals surface area contributed by atoms with Gasteiger partial charge in [-0.1, -0.05) is 18.2 Å². The molecule has 2 saturated heterocycles. The normalized spacial score (nSPS) is 37.1. The van der Waals surface area contributed by atoms with Crippen LogP contribution in [0.2, 0.25) is 0 Å². The maximum absolute atomic E-state index is 8.99. The van der Waals surface area contributed by atoms with E-state index < -0.39 is 6.14 Å². The molecular formula is C15H20N2. The first kappa shape index (κ1) is 8.98. The van der Waals surface area contributed by atoms with Crippen LogP contribution in [-0.2, 0) is 6.42 Å². The topological polar surface area (TPSA) is 6.48 Å². The van der Waals surface area contributed by atoms with Crippen molar-refractivity contribution in [3.05, 3.63) is 29.8 Å². The van der Waals surface area contributed by atoms with Crippen LogP contribution in [0.1, 0.15) is 32.6 Å². The van der Waals surface area contributed by atoms with E-state index in [1.165, 1.54) is 30.5 Å². The second-order valence-corrected chi connectivity index (χ2v) is 5.47. The number of benzene rings is 1. The van der Waals surface area contributed by atoms with Gasteiger partial charge in [-0.3, -0.25) is 4.90 Å². The van der Waals surface area contributed by atoms with Crippen molar-refractivity contribution in [2.45, 2.75) is 44.3 Å². The molecule has 0 unspecified atom stereocenters. The first-order valence-corrected chi connectivity index (χ1v) is 6.91. The molecule has 0 N–H and O–H groups in total. The lowest BCUT2D eigenvalue weighted by Crippen LogP contribution is -2.57. The number of hydrogen-bond acceptors (Lipinski definition) is 2. The lowest BCUT2D eigenvalue weighted by molar-refractivity contribution is 0.124. The molecule has 2 heteroatoms. The molecule has 0 radical (unpaired) electrons. The van der Waals surface area contributed by atoms with Gasteiger partial charge in [-0.05, 0) is 43.7 Å². The van der Waals surface area contributed by atoms with Crippen molar-refractivity contribution in [1.29, 1.82) is 0 Å². The third kappa shape index (κ3) is 1.43. The molecule has 3 heterocycles. The number of anilines is 1. The minimum Gasteiger partial charge on any atom is -0.355 e. The van der Waals surface area contributed by atoms with Gasteiger partial charge in [-0.25, -0.2) is 0 Å². The minimum absolute atomic E-state index is 0.465. The average Bonchev–Trinajstić information content (AvgIpc) is 2.88. The molecule has 0 bridgehead atoms. The summed E-state index contributed by atoms with van der Waals surface area (Å²) in [5.41, 5.74) is 2.74. The van der Waals surface area contributed by atoms with Gasteiger partial charge in [-0.2, -0.15) is 0 Å². The lowest BCUT2D eigenvalue weighted by atomic mass is 9.95. The van der Waals surface area contributed by atoms with Crippen LogP contribution in [0.25, 0.3) is 0 Å². The van der Waals surface area contributed by atoms with Crippen molar-refractivity contribution < 1.29 is 1.37 Å². The Labute approximate surface area is 105 Å². The summed E-state index contributed by atoms with van der Waals surface area (Å²) in [5.74, 6) is 0. The monoisotopic (exact) mass is 229 g/mol. The predicted octanol–water partition coefficient (Wildman–Crippen LogP) is 2.63. The molecule has 17 heavy (non-hydrogen) atoms. The van der Waals surface area contributed by atoms with Gasteiger partial charge in [0.05, 0.1) is 7.51 Å². The summed E-state index contributed by atoms with van der Waals surface area (Å²) in [4.78, 5) is 4.82. The Morgan fingerprint density at radius 2 is 2.06 bits per heavy atom. The first-order valence-electron chi connectivity index (χ1n) is 7.41. The highest BCUT2D eigenvalue weighted by molar-refractivity contribution is 5.56. The zero-order chi connectivity index (χ0) is 12.2. The third-order valence-electron chi connectivity index (χ3n) is 4.61. The van der Waals surface area contributed by atoms with E-state index in [1.807, 2.05) is 0 Å². The van der Waals surface area contributed by atoms with Crippen LogP contribution in [0.15, 0.2) is 24.3 Å². The van der Waals surface area contributed by atoms with Gasteiger partial charge in [0, 0.05) is 24.8 Å². The molecule has 0 aromatic heterocycles. The highest BCUT2D eigenvalue weighted by atomic mass is 15.4. The number of para-hydroxylation sites is 1. The molecule has 0 saturated carbocycles. The fourth-order valence-corrected chi connectivity index (χ4v) is 3.81. The number of hydrogen-bond donors (Lipinski definition) is 0. The summed E-state index contributed by atoms with van der Waals surface area (Å²) in [6.07, 6.45) is 5.36. The fourth-order valence-electron chi connectivity index (χ4n) is 3.81. The highest BCUT2D eigenvalue weighted by Crippen LogP contribution is 2.38. The number of rotatable bonds is 0. The van der Waals surface area contributed by atoms with Crippen molar-refractivity contribution in [2.24, 2.45) is 0 Å². The summed E-state index contributed by atoms with van der Waals surface area (Å²) in [5, 5.41) is 0. The summed E-state index contributed by atoms with van der Waals surface area (Å²) in [6, 6.07) is 9.34. The van der Waals surface area contributed by atoms with Crippen LogP contribution in [0.3, 0.4) is 0 Å². The minimum atomic E-state index is -0.465. The average molecular weight is 229 g/mol. The zero-order valence-electron chi connectivity index (χ0n) is 11.2. The molecule has 90 valence electrons. The molecule has 1 aromatic rings. The lowest BCUT2D eigenvalue weighted by Gasteiger charge is -2.49. The summed E-state index contributed by atoms with van der Waals surface area (Å²) in [7, 11) is 0. The second kappa shape index (κ2) is 3.74. The van der Waals surface area contributed by atoms with Gasteiger partial charge in [-0.15, -0.1) is 0 Å². The number of nitrogens with zero attached hydrogens (tertiary/aromatic N) is 2. The van der Waals surface area contributed by atoms with E-state index in [9.17, 15) is 0 Å². The van der Waals surface area contributed by atoms with E-state index >= 15 is 0 Å². The largest absolute Gasteiger partial charge is 0.355 e. The Morgan fingerprint density at radius 3 is 3.06 bits per heavy atom. The third-order valence-corrected chi connectivity index (χ3v) is 4.61. The highest BCUT2D eigenvalue weighted by Gasteiger charge is 2.40. The predicted molar refractivity (Wildman–Crippen MR) is 70.2 cm³/mol. The Bertz CT molecular complexity index is 475. The van der Waals surface area contributed by atoms with Crippen LogP contribution in [0.4, 0.5) is 5.69 Å². The zero-order valence-corrected chi connectivity index (χ0v) is 10.2. The molecule has 0 aliphatic carbocycles. The van der Waals surface area contributed by atoms with E-state index in [1.54, 1.807) is 0 Å².